The second-order valence-corrected chi connectivity index (χ2v) is 4.39. The Labute approximate surface area is 56.5 Å². The molecule has 1 aromatic heterocycles. The molecule has 0 aromatic carbocycles. The summed E-state index contributed by atoms with van der Waals surface area (Å²) < 4.78 is 21.2. The summed E-state index contributed by atoms with van der Waals surface area (Å²) >= 11 is 0.895. The lowest BCUT2D eigenvalue weighted by atomic mass is 11.6. The van der Waals surface area contributed by atoms with Gasteiger partial charge in [0.1, 0.15) is 0 Å². The van der Waals surface area contributed by atoms with Gasteiger partial charge in [-0.25, -0.2) is 8.42 Å². The fourth-order valence-electron chi connectivity index (χ4n) is 0.291. The summed E-state index contributed by atoms with van der Waals surface area (Å²) in [5, 5.41) is 6.57. The monoisotopic (exact) mass is 163 g/mol. The Balaban J connectivity index is 3.20. The Morgan fingerprint density at radius 2 is 2.33 bits per heavy atom. The fourth-order valence-corrected chi connectivity index (χ4v) is 1.44. The van der Waals surface area contributed by atoms with E-state index >= 15 is 0 Å². The predicted molar refractivity (Wildman–Crippen MR) is 31.9 cm³/mol. The van der Waals surface area contributed by atoms with Crippen molar-refractivity contribution in [1.29, 1.82) is 0 Å². The molecule has 4 nitrogen and oxygen atoms in total. The van der Waals surface area contributed by atoms with Crippen LogP contribution in [-0.4, -0.2) is 24.9 Å². The number of rotatable bonds is 1. The second kappa shape index (κ2) is 2.03. The van der Waals surface area contributed by atoms with E-state index < -0.39 is 9.84 Å². The minimum Gasteiger partial charge on any atom is -0.221 e. The van der Waals surface area contributed by atoms with Crippen LogP contribution >= 0.6 is 11.3 Å². The zero-order chi connectivity index (χ0) is 6.91. The summed E-state index contributed by atoms with van der Waals surface area (Å²) in [6, 6.07) is 0. The topological polar surface area (TPSA) is 59.9 Å². The number of hydrogen-bond acceptors (Lipinski definition) is 5. The predicted octanol–water partition coefficient (Wildman–Crippen LogP) is -0.258. The molecule has 0 aliphatic heterocycles. The van der Waals surface area contributed by atoms with E-state index in [1.807, 2.05) is 0 Å². The molecule has 0 unspecified atom stereocenters. The van der Waals surface area contributed by atoms with E-state index in [9.17, 15) is 8.42 Å². The van der Waals surface area contributed by atoms with Crippen molar-refractivity contribution in [3.8, 4) is 0 Å². The van der Waals surface area contributed by atoms with E-state index in [4.69, 9.17) is 0 Å². The molecule has 1 heterocycles. The van der Waals surface area contributed by atoms with Crippen LogP contribution in [0.3, 0.4) is 0 Å². The van der Waals surface area contributed by atoms with Crippen LogP contribution in [0.4, 0.5) is 0 Å². The van der Waals surface area contributed by atoms with Gasteiger partial charge in [0.25, 0.3) is 0 Å². The summed E-state index contributed by atoms with van der Waals surface area (Å²) in [4.78, 5) is 0. The highest BCUT2D eigenvalue weighted by molar-refractivity contribution is 7.92. The smallest absolute Gasteiger partial charge is 0.221 e. The van der Waals surface area contributed by atoms with Crippen LogP contribution in [0.15, 0.2) is 4.34 Å². The van der Waals surface area contributed by atoms with Gasteiger partial charge in [-0.3, -0.25) is 0 Å². The van der Waals surface area contributed by atoms with Gasteiger partial charge in [-0.1, -0.05) is 11.3 Å². The third kappa shape index (κ3) is 1.46. The van der Waals surface area contributed by atoms with Gasteiger partial charge in [-0.2, -0.15) is 0 Å². The van der Waals surface area contributed by atoms with E-state index in [1.165, 1.54) is 0 Å². The molecule has 0 spiro atoms. The molecule has 0 saturated heterocycles. The van der Waals surface area contributed by atoms with Crippen molar-refractivity contribution in [2.24, 2.45) is 0 Å². The Morgan fingerprint density at radius 1 is 1.67 bits per heavy atom. The van der Waals surface area contributed by atoms with Crippen molar-refractivity contribution in [3.05, 3.63) is 5.51 Å². The van der Waals surface area contributed by atoms with Gasteiger partial charge < -0.3 is 0 Å². The van der Waals surface area contributed by atoms with Gasteiger partial charge in [0.15, 0.2) is 5.51 Å². The molecule has 9 heavy (non-hydrogen) atoms. The standard InChI is InChI=1S/C3H3N2O2S2/c1-9(6,7)3-5-4-2-8-3/h1H3. The molecule has 0 aliphatic carbocycles. The van der Waals surface area contributed by atoms with Gasteiger partial charge in [0, 0.05) is 6.26 Å². The molecule has 0 N–H and O–H groups in total. The van der Waals surface area contributed by atoms with Crippen LogP contribution in [0.5, 0.6) is 0 Å². The maximum Gasteiger partial charge on any atom is 0.232 e. The molecule has 1 rings (SSSR count). The lowest BCUT2D eigenvalue weighted by molar-refractivity contribution is 0.600. The molecule has 0 saturated carbocycles. The van der Waals surface area contributed by atoms with Gasteiger partial charge in [-0.15, -0.1) is 10.2 Å². The van der Waals surface area contributed by atoms with E-state index in [2.05, 4.69) is 15.7 Å². The molecule has 1 aromatic rings. The molecule has 0 amide bonds. The average molecular weight is 163 g/mol. The summed E-state index contributed by atoms with van der Waals surface area (Å²) in [7, 11) is -3.15. The van der Waals surface area contributed by atoms with Gasteiger partial charge in [0.2, 0.25) is 14.2 Å². The summed E-state index contributed by atoms with van der Waals surface area (Å²) in [6.45, 7) is 0. The first-order chi connectivity index (χ1) is 4.11. The van der Waals surface area contributed by atoms with Gasteiger partial charge in [0.05, 0.1) is 0 Å². The highest BCUT2D eigenvalue weighted by Crippen LogP contribution is 2.07. The first-order valence-electron chi connectivity index (χ1n) is 2.00. The lowest BCUT2D eigenvalue weighted by Crippen LogP contribution is -1.95. The van der Waals surface area contributed by atoms with E-state index in [-0.39, 0.29) is 4.34 Å². The summed E-state index contributed by atoms with van der Waals surface area (Å²) in [6.07, 6.45) is 1.08. The fraction of sp³-hybridized carbons (Fsp3) is 0.333. The Hall–Kier alpha value is -0.490. The van der Waals surface area contributed by atoms with Crippen molar-refractivity contribution in [3.63, 3.8) is 0 Å². The number of sulfone groups is 1. The molecule has 0 fully saturated rings. The van der Waals surface area contributed by atoms with Crippen LogP contribution in [0.2, 0.25) is 0 Å². The van der Waals surface area contributed by atoms with E-state index in [1.54, 1.807) is 0 Å². The first kappa shape index (κ1) is 6.63. The highest BCUT2D eigenvalue weighted by atomic mass is 32.2. The van der Waals surface area contributed by atoms with Crippen molar-refractivity contribution in [2.45, 2.75) is 4.34 Å². The third-order valence-electron chi connectivity index (χ3n) is 0.623. The second-order valence-electron chi connectivity index (χ2n) is 1.43. The molecule has 6 heteroatoms. The zero-order valence-electron chi connectivity index (χ0n) is 4.53. The minimum atomic E-state index is -3.15. The molecular formula is C3H3N2O2S2. The SMILES string of the molecule is CS(=O)(=O)c1nn[c]s1. The van der Waals surface area contributed by atoms with Crippen molar-refractivity contribution < 1.29 is 8.42 Å². The van der Waals surface area contributed by atoms with Gasteiger partial charge >= 0.3 is 0 Å². The number of hydrogen-bond donors (Lipinski definition) is 0. The third-order valence-corrected chi connectivity index (χ3v) is 2.93. The van der Waals surface area contributed by atoms with Crippen LogP contribution in [0.1, 0.15) is 0 Å². The Morgan fingerprint density at radius 3 is 2.56 bits per heavy atom. The van der Waals surface area contributed by atoms with Crippen LogP contribution in [-0.2, 0) is 9.84 Å². The normalized spacial score (nSPS) is 11.7. The van der Waals surface area contributed by atoms with E-state index in [0.717, 1.165) is 17.6 Å². The summed E-state index contributed by atoms with van der Waals surface area (Å²) in [5.74, 6) is 0. The minimum absolute atomic E-state index is 0.0162. The van der Waals surface area contributed by atoms with Crippen LogP contribution in [0.25, 0.3) is 0 Å². The maximum absolute atomic E-state index is 10.6. The number of nitrogens with zero attached hydrogens (tertiary/aromatic N) is 2. The highest BCUT2D eigenvalue weighted by Gasteiger charge is 2.09. The van der Waals surface area contributed by atoms with Crippen molar-refractivity contribution >= 4 is 21.2 Å². The average Bonchev–Trinajstić information content (AvgIpc) is 2.08. The maximum atomic E-state index is 10.6. The van der Waals surface area contributed by atoms with E-state index in [0.29, 0.717) is 0 Å². The Bertz CT molecular complexity index is 275. The lowest BCUT2D eigenvalue weighted by Gasteiger charge is -1.82. The van der Waals surface area contributed by atoms with Gasteiger partial charge in [-0.05, 0) is 0 Å². The molecule has 0 atom stereocenters. The number of aromatic nitrogens is 2. The largest absolute Gasteiger partial charge is 0.232 e. The van der Waals surface area contributed by atoms with Crippen molar-refractivity contribution in [1.82, 2.24) is 10.2 Å². The molecule has 0 aliphatic rings. The molecule has 1 radical (unpaired) electrons. The van der Waals surface area contributed by atoms with Crippen molar-refractivity contribution in [2.75, 3.05) is 6.26 Å². The zero-order valence-corrected chi connectivity index (χ0v) is 6.16. The summed E-state index contributed by atoms with van der Waals surface area (Å²) in [5.41, 5.74) is 2.34. The molecule has 49 valence electrons. The van der Waals surface area contributed by atoms with Crippen LogP contribution < -0.4 is 0 Å². The Kier molecular flexibility index (Phi) is 1.50. The quantitative estimate of drug-likeness (QED) is 0.572. The first-order valence-corrected chi connectivity index (χ1v) is 4.71. The van der Waals surface area contributed by atoms with Crippen LogP contribution in [0, 0.1) is 5.51 Å². The molecule has 0 bridgehead atoms. The molecular weight excluding hydrogens is 160 g/mol.